The summed E-state index contributed by atoms with van der Waals surface area (Å²) in [5.41, 5.74) is 15.7. The van der Waals surface area contributed by atoms with Gasteiger partial charge in [-0.2, -0.15) is 0 Å². The average Bonchev–Trinajstić information content (AvgIpc) is 0.841. The Kier molecular flexibility index (Phi) is 50.8. The van der Waals surface area contributed by atoms with Crippen LogP contribution in [-0.4, -0.2) is 65.5 Å². The van der Waals surface area contributed by atoms with Crippen LogP contribution in [0.2, 0.25) is 0 Å². The molecule has 8 aromatic rings. The van der Waals surface area contributed by atoms with Gasteiger partial charge in [0.05, 0.1) is 55.1 Å². The predicted octanol–water partition coefficient (Wildman–Crippen LogP) is 32.8. The van der Waals surface area contributed by atoms with Crippen molar-refractivity contribution in [3.63, 3.8) is 0 Å². The molecule has 0 nitrogen and oxygen atoms in total. The van der Waals surface area contributed by atoms with Crippen LogP contribution in [0, 0.1) is 13.8 Å². The molecule has 0 bridgehead atoms. The Balaban J connectivity index is 0.000000148. The summed E-state index contributed by atoms with van der Waals surface area (Å²) in [6.45, 7) is 4.11. The van der Waals surface area contributed by atoms with Crippen molar-refractivity contribution in [3.8, 4) is 0 Å². The van der Waals surface area contributed by atoms with Crippen molar-refractivity contribution in [1.29, 1.82) is 0 Å². The number of rotatable bonds is 17. The molecule has 0 heterocycles. The number of hydrogen-bond acceptors (Lipinski definition) is 0. The molecule has 9 aliphatic carbocycles. The van der Waals surface area contributed by atoms with Crippen molar-refractivity contribution < 1.29 is 27.0 Å². The van der Waals surface area contributed by atoms with Crippen LogP contribution in [0.3, 0.4) is 0 Å². The molecule has 0 atom stereocenters. The first-order chi connectivity index (χ1) is 59.0. The smallest absolute Gasteiger partial charge is 0.102 e. The first-order valence-electron chi connectivity index (χ1n) is 47.5. The molecule has 0 radical (unpaired) electrons. The number of aryl methyl sites for hydroxylation is 2. The summed E-state index contributed by atoms with van der Waals surface area (Å²) in [5.74, 6) is 0. The molecule has 13 heteroatoms. The van der Waals surface area contributed by atoms with Gasteiger partial charge in [0, 0.05) is 15.8 Å². The Bertz CT molecular complexity index is 3310. The number of alkyl halides is 2. The minimum Gasteiger partial charge on any atom is -0.109 e. The maximum Gasteiger partial charge on any atom is 0.102 e. The summed E-state index contributed by atoms with van der Waals surface area (Å²) in [6, 6.07) is 81.3. The van der Waals surface area contributed by atoms with Crippen molar-refractivity contribution in [1.82, 2.24) is 0 Å². The summed E-state index contributed by atoms with van der Waals surface area (Å²) < 4.78 is 3.88. The number of halogens is 6. The van der Waals surface area contributed by atoms with Crippen molar-refractivity contribution >= 4 is 143 Å². The van der Waals surface area contributed by atoms with Gasteiger partial charge in [0.1, 0.15) is 31.8 Å². The van der Waals surface area contributed by atoms with Gasteiger partial charge < -0.3 is 0 Å². The molecule has 9 saturated carbocycles. The molecule has 0 spiro atoms. The van der Waals surface area contributed by atoms with Crippen LogP contribution in [0.1, 0.15) is 311 Å². The Morgan fingerprint density at radius 3 is 0.558 bits per heavy atom. The second-order valence-electron chi connectivity index (χ2n) is 35.8. The Hall–Kier alpha value is -1.36. The van der Waals surface area contributed by atoms with Crippen molar-refractivity contribution in [3.05, 3.63) is 253 Å². The molecule has 0 amide bonds. The van der Waals surface area contributed by atoms with Crippen LogP contribution >= 0.6 is 102 Å². The standard InChI is InChI=1S/3C18H33P.2C18H15P.2C8H8.CH2Cl2.4ClH.2Ru/c5*1-4-10-16(11-5-1)19(17-12-6-2-7-13-17)18-14-8-3-9-15-18;2*1-7-3-5-8(2)6-4-7;2-1-3;;;;;;/h3*16-18H,1-15H2;2*1-15H;2*1,3-6H,2H3;1H2;4*1H;;/q;;;;;;;;;;;;2*+2. The normalized spacial score (nSPS) is 19.2. The van der Waals surface area contributed by atoms with E-state index in [1.165, 1.54) is 113 Å². The molecule has 658 valence electrons. The maximum absolute atomic E-state index is 5.71. The Morgan fingerprint density at radius 2 is 0.400 bits per heavy atom. The summed E-state index contributed by atoms with van der Waals surface area (Å²) >= 11 is 6.27. The summed E-state index contributed by atoms with van der Waals surface area (Å²) in [7, 11) is 21.4. The fourth-order valence-corrected chi connectivity index (χ4v) is 45.7. The zero-order valence-corrected chi connectivity index (χ0v) is 86.1. The molecule has 17 rings (SSSR count). The van der Waals surface area contributed by atoms with Gasteiger partial charge in [-0.25, -0.2) is 0 Å². The third-order valence-corrected chi connectivity index (χ3v) is 49.8. The van der Waals surface area contributed by atoms with E-state index in [-0.39, 0.29) is 21.2 Å². The van der Waals surface area contributed by atoms with E-state index in [0.717, 1.165) is 11.1 Å². The minimum atomic E-state index is -1.63. The topological polar surface area (TPSA) is 0 Å². The monoisotopic (exact) mass is 2000 g/mol. The van der Waals surface area contributed by atoms with E-state index in [9.17, 15) is 0 Å². The zero-order chi connectivity index (χ0) is 83.8. The van der Waals surface area contributed by atoms with Crippen molar-refractivity contribution in [2.24, 2.45) is 0 Å². The molecule has 0 N–H and O–H groups in total. The van der Waals surface area contributed by atoms with Crippen molar-refractivity contribution in [2.75, 3.05) is 5.34 Å². The van der Waals surface area contributed by atoms with E-state index in [2.05, 4.69) is 220 Å². The van der Waals surface area contributed by atoms with E-state index in [1.807, 2.05) is 33.5 Å². The molecule has 9 aliphatic rings. The summed E-state index contributed by atoms with van der Waals surface area (Å²) in [5, 5.41) is 8.81. The third-order valence-electron chi connectivity index (χ3n) is 27.4. The Morgan fingerprint density at radius 1 is 0.242 bits per heavy atom. The van der Waals surface area contributed by atoms with Gasteiger partial charge in [0.15, 0.2) is 0 Å². The molecule has 9 fully saturated rings. The minimum absolute atomic E-state index is 0.0465. The second-order valence-corrected chi connectivity index (χ2v) is 63.0. The van der Waals surface area contributed by atoms with Crippen LogP contribution in [0.5, 0.6) is 0 Å². The van der Waals surface area contributed by atoms with E-state index >= 15 is 0 Å². The number of hydrogen-bond donors (Lipinski definition) is 0. The molecule has 0 aromatic heterocycles. The summed E-state index contributed by atoms with van der Waals surface area (Å²) in [4.78, 5) is 0. The van der Waals surface area contributed by atoms with Crippen LogP contribution in [0.25, 0.3) is 0 Å². The van der Waals surface area contributed by atoms with E-state index in [1.54, 1.807) is 270 Å². The van der Waals surface area contributed by atoms with Crippen molar-refractivity contribution in [2.45, 2.75) is 354 Å². The quantitative estimate of drug-likeness (QED) is 0.0484. The van der Waals surface area contributed by atoms with Gasteiger partial charge in [-0.3, -0.25) is 0 Å². The van der Waals surface area contributed by atoms with Crippen LogP contribution in [-0.2, 0) is 27.0 Å². The summed E-state index contributed by atoms with van der Waals surface area (Å²) in [6.07, 6.45) is 71.2. The first kappa shape index (κ1) is 101. The van der Waals surface area contributed by atoms with Gasteiger partial charge in [0.25, 0.3) is 0 Å². The number of benzene rings is 8. The fourth-order valence-electron chi connectivity index (χ4n) is 21.7. The van der Waals surface area contributed by atoms with Gasteiger partial charge >= 0.3 is 160 Å². The molecule has 120 heavy (non-hydrogen) atoms. The predicted molar refractivity (Wildman–Crippen MR) is 551 cm³/mol. The van der Waals surface area contributed by atoms with Gasteiger partial charge in [-0.05, 0) is 282 Å². The van der Waals surface area contributed by atoms with Crippen LogP contribution in [0.15, 0.2) is 231 Å². The van der Waals surface area contributed by atoms with E-state index in [0.29, 0.717) is 7.92 Å². The molecule has 0 aliphatic heterocycles. The van der Waals surface area contributed by atoms with E-state index in [4.69, 9.17) is 62.0 Å². The van der Waals surface area contributed by atoms with Gasteiger partial charge in [0.2, 0.25) is 0 Å². The molecule has 0 saturated heterocycles. The maximum atomic E-state index is 5.71. The zero-order valence-electron chi connectivity index (χ0n) is 73.2. The van der Waals surface area contributed by atoms with Gasteiger partial charge in [-0.15, -0.1) is 23.2 Å². The van der Waals surface area contributed by atoms with Gasteiger partial charge in [-0.1, -0.05) is 213 Å². The second kappa shape index (κ2) is 60.5. The fraction of sp³-hybridized carbons (Fsp3) is 0.533. The molecule has 0 unspecified atom stereocenters. The Labute approximate surface area is 773 Å². The molecular weight excluding hydrogens is 1850 g/mol. The molecular formula is C107H151Cl6P5Ru2+4. The van der Waals surface area contributed by atoms with Crippen LogP contribution in [0.4, 0.5) is 0 Å². The average molecular weight is 2010 g/mol. The first-order valence-corrected chi connectivity index (χ1v) is 67.6. The largest absolute Gasteiger partial charge is 0.109 e. The molecule has 8 aromatic carbocycles. The van der Waals surface area contributed by atoms with E-state index < -0.39 is 42.9 Å². The third kappa shape index (κ3) is 36.5. The SMILES string of the molecule is C1CCC(P(C2CCCCC2)C2CCCCC2)CC1.C1CCC([PH+](C2CCCCC2)C2CCCCC2)CC1.C1CCC([PH+](C2CCCCC2)C2CCCCC2)CC1.Cc1ccc([CH]=[Ru]([Cl])[Cl])cc1.Cc1ccc([CH]=[Ru]([Cl])[Cl])cc1.ClCCl.c1ccc([PH+](c2ccccc2)c2ccccc2)cc1.c1ccc([PH+](c2ccccc2)c2ccccc2)cc1. The van der Waals surface area contributed by atoms with Crippen LogP contribution < -0.4 is 31.8 Å².